The van der Waals surface area contributed by atoms with Crippen LogP contribution in [0.15, 0.2) is 50.8 Å². The maximum Gasteiger partial charge on any atom is 0.264 e. The second-order valence-corrected chi connectivity index (χ2v) is 7.66. The van der Waals surface area contributed by atoms with Gasteiger partial charge in [-0.05, 0) is 61.5 Å². The summed E-state index contributed by atoms with van der Waals surface area (Å²) in [5, 5.41) is 3.36. The van der Waals surface area contributed by atoms with Crippen molar-refractivity contribution in [3.8, 4) is 11.5 Å². The van der Waals surface area contributed by atoms with E-state index in [1.807, 2.05) is 56.3 Å². The second-order valence-electron chi connectivity index (χ2n) is 5.77. The van der Waals surface area contributed by atoms with Gasteiger partial charge in [0.2, 0.25) is 0 Å². The molecule has 2 aromatic rings. The predicted molar refractivity (Wildman–Crippen MR) is 114 cm³/mol. The Labute approximate surface area is 171 Å². The third-order valence-corrected chi connectivity index (χ3v) is 5.38. The summed E-state index contributed by atoms with van der Waals surface area (Å²) in [6, 6.07) is 11.5. The lowest BCUT2D eigenvalue weighted by Crippen LogP contribution is -2.19. The first-order valence-electron chi connectivity index (χ1n) is 8.36. The Hall–Kier alpha value is -2.25. The number of hydrogen-bond acceptors (Lipinski definition) is 5. The van der Waals surface area contributed by atoms with Gasteiger partial charge >= 0.3 is 0 Å². The van der Waals surface area contributed by atoms with Crippen molar-refractivity contribution in [2.45, 2.75) is 13.8 Å². The van der Waals surface area contributed by atoms with Gasteiger partial charge in [-0.3, -0.25) is 4.79 Å². The minimum absolute atomic E-state index is 0.175. The van der Waals surface area contributed by atoms with Gasteiger partial charge in [0, 0.05) is 4.47 Å². The van der Waals surface area contributed by atoms with Crippen molar-refractivity contribution >= 4 is 50.5 Å². The molecule has 0 radical (unpaired) electrons. The van der Waals surface area contributed by atoms with Crippen LogP contribution in [0.5, 0.6) is 11.5 Å². The van der Waals surface area contributed by atoms with Crippen LogP contribution in [0.25, 0.3) is 6.08 Å². The molecule has 1 aliphatic rings. The quantitative estimate of drug-likeness (QED) is 0.652. The van der Waals surface area contributed by atoms with E-state index >= 15 is 0 Å². The Bertz CT molecular complexity index is 924. The number of rotatable bonds is 5. The van der Waals surface area contributed by atoms with Gasteiger partial charge < -0.3 is 14.8 Å². The number of methoxy groups -OCH3 is 1. The number of carbonyl (C=O) groups is 1. The molecule has 0 saturated carbocycles. The summed E-state index contributed by atoms with van der Waals surface area (Å²) >= 11 is 4.83. The van der Waals surface area contributed by atoms with Crippen molar-refractivity contribution in [1.29, 1.82) is 0 Å². The molecule has 1 aliphatic heterocycles. The van der Waals surface area contributed by atoms with Crippen molar-refractivity contribution in [3.05, 3.63) is 56.9 Å². The van der Waals surface area contributed by atoms with Crippen LogP contribution >= 0.6 is 27.7 Å². The highest BCUT2D eigenvalue weighted by atomic mass is 79.9. The van der Waals surface area contributed by atoms with E-state index in [1.165, 1.54) is 11.8 Å². The first-order chi connectivity index (χ1) is 13.0. The highest BCUT2D eigenvalue weighted by Gasteiger charge is 2.24. The fourth-order valence-corrected chi connectivity index (χ4v) is 3.72. The molecule has 1 heterocycles. The van der Waals surface area contributed by atoms with Crippen LogP contribution in [0.4, 0.5) is 5.69 Å². The maximum atomic E-state index is 12.3. The van der Waals surface area contributed by atoms with Gasteiger partial charge in [-0.15, -0.1) is 0 Å². The van der Waals surface area contributed by atoms with Crippen LogP contribution in [0.3, 0.4) is 0 Å². The molecule has 0 unspecified atom stereocenters. The number of carbonyl (C=O) groups excluding carboxylic acids is 1. The lowest BCUT2D eigenvalue weighted by Gasteiger charge is -2.11. The number of benzene rings is 2. The van der Waals surface area contributed by atoms with E-state index in [0.29, 0.717) is 28.2 Å². The SMILES string of the molecule is CCOc1cc(/C=C2/SC(=Nc3ccc(C)cc3)NC2=O)c(Br)cc1OC. The molecule has 1 N–H and O–H groups in total. The standard InChI is InChI=1S/C20H19BrN2O3S/c1-4-26-17-9-13(15(21)11-16(17)25-3)10-18-19(24)23-20(27-18)22-14-7-5-12(2)6-8-14/h5-11H,4H2,1-3H3,(H,22,23,24)/b18-10+. The molecule has 0 aliphatic carbocycles. The zero-order chi connectivity index (χ0) is 19.4. The van der Waals surface area contributed by atoms with Gasteiger partial charge in [-0.2, -0.15) is 0 Å². The number of halogens is 1. The van der Waals surface area contributed by atoms with Gasteiger partial charge in [0.25, 0.3) is 5.91 Å². The van der Waals surface area contributed by atoms with Crippen LogP contribution in [0.1, 0.15) is 18.1 Å². The largest absolute Gasteiger partial charge is 0.493 e. The monoisotopic (exact) mass is 446 g/mol. The van der Waals surface area contributed by atoms with Crippen LogP contribution < -0.4 is 14.8 Å². The number of aliphatic imine (C=N–C) groups is 1. The third-order valence-electron chi connectivity index (χ3n) is 3.78. The maximum absolute atomic E-state index is 12.3. The van der Waals surface area contributed by atoms with Crippen molar-refractivity contribution in [1.82, 2.24) is 5.32 Å². The number of hydrogen-bond donors (Lipinski definition) is 1. The molecule has 27 heavy (non-hydrogen) atoms. The van der Waals surface area contributed by atoms with Crippen LogP contribution in [0.2, 0.25) is 0 Å². The summed E-state index contributed by atoms with van der Waals surface area (Å²) in [6.45, 7) is 4.46. The molecule has 2 aromatic carbocycles. The zero-order valence-electron chi connectivity index (χ0n) is 15.2. The average molecular weight is 447 g/mol. The fourth-order valence-electron chi connectivity index (χ4n) is 2.45. The van der Waals surface area contributed by atoms with Gasteiger partial charge in [-0.25, -0.2) is 4.99 Å². The summed E-state index contributed by atoms with van der Waals surface area (Å²) in [5.41, 5.74) is 2.79. The fraction of sp³-hybridized carbons (Fsp3) is 0.200. The normalized spacial score (nSPS) is 16.7. The van der Waals surface area contributed by atoms with E-state index in [0.717, 1.165) is 21.3 Å². The molecule has 7 heteroatoms. The van der Waals surface area contributed by atoms with Gasteiger partial charge in [-0.1, -0.05) is 33.6 Å². The van der Waals surface area contributed by atoms with Gasteiger partial charge in [0.15, 0.2) is 16.7 Å². The molecular weight excluding hydrogens is 428 g/mol. The number of thioether (sulfide) groups is 1. The second kappa shape index (κ2) is 8.63. The first-order valence-corrected chi connectivity index (χ1v) is 9.97. The van der Waals surface area contributed by atoms with Gasteiger partial charge in [0.1, 0.15) is 0 Å². The van der Waals surface area contributed by atoms with Crippen LogP contribution in [0, 0.1) is 6.92 Å². The summed E-state index contributed by atoms with van der Waals surface area (Å²) in [5.74, 6) is 1.09. The summed E-state index contributed by atoms with van der Waals surface area (Å²) < 4.78 is 11.8. The Morgan fingerprint density at radius 2 is 1.96 bits per heavy atom. The highest BCUT2D eigenvalue weighted by molar-refractivity contribution is 9.10. The van der Waals surface area contributed by atoms with E-state index in [9.17, 15) is 4.79 Å². The zero-order valence-corrected chi connectivity index (χ0v) is 17.6. The minimum atomic E-state index is -0.175. The van der Waals surface area contributed by atoms with Gasteiger partial charge in [0.05, 0.1) is 24.3 Å². The van der Waals surface area contributed by atoms with E-state index in [4.69, 9.17) is 9.47 Å². The van der Waals surface area contributed by atoms with E-state index in [-0.39, 0.29) is 5.91 Å². The van der Waals surface area contributed by atoms with Crippen LogP contribution in [-0.4, -0.2) is 24.8 Å². The predicted octanol–water partition coefficient (Wildman–Crippen LogP) is 5.06. The molecular formula is C20H19BrN2O3S. The molecule has 0 spiro atoms. The lowest BCUT2D eigenvalue weighted by atomic mass is 10.2. The number of nitrogens with zero attached hydrogens (tertiary/aromatic N) is 1. The Morgan fingerprint density at radius 1 is 1.22 bits per heavy atom. The number of amides is 1. The number of aryl methyl sites for hydroxylation is 1. The molecule has 3 rings (SSSR count). The molecule has 1 saturated heterocycles. The topological polar surface area (TPSA) is 59.9 Å². The smallest absolute Gasteiger partial charge is 0.264 e. The third kappa shape index (κ3) is 4.73. The molecule has 1 amide bonds. The first kappa shape index (κ1) is 19.5. The number of nitrogens with one attached hydrogen (secondary N) is 1. The van der Waals surface area contributed by atoms with Crippen molar-refractivity contribution in [3.63, 3.8) is 0 Å². The van der Waals surface area contributed by atoms with E-state index in [2.05, 4.69) is 26.2 Å². The highest BCUT2D eigenvalue weighted by Crippen LogP contribution is 2.36. The van der Waals surface area contributed by atoms with Crippen molar-refractivity contribution in [2.24, 2.45) is 4.99 Å². The molecule has 1 fully saturated rings. The number of amidine groups is 1. The molecule has 0 aromatic heterocycles. The molecule has 0 atom stereocenters. The van der Waals surface area contributed by atoms with E-state index in [1.54, 1.807) is 7.11 Å². The van der Waals surface area contributed by atoms with Crippen molar-refractivity contribution in [2.75, 3.05) is 13.7 Å². The summed E-state index contributed by atoms with van der Waals surface area (Å²) in [7, 11) is 1.59. The number of ether oxygens (including phenoxy) is 2. The van der Waals surface area contributed by atoms with Crippen molar-refractivity contribution < 1.29 is 14.3 Å². The Kier molecular flexibility index (Phi) is 6.23. The molecule has 140 valence electrons. The van der Waals surface area contributed by atoms with Crippen LogP contribution in [-0.2, 0) is 4.79 Å². The average Bonchev–Trinajstić information content (AvgIpc) is 2.99. The molecule has 5 nitrogen and oxygen atoms in total. The minimum Gasteiger partial charge on any atom is -0.493 e. The Balaban J connectivity index is 1.88. The summed E-state index contributed by atoms with van der Waals surface area (Å²) in [6.07, 6.45) is 1.81. The Morgan fingerprint density at radius 3 is 2.63 bits per heavy atom. The summed E-state index contributed by atoms with van der Waals surface area (Å²) in [4.78, 5) is 17.4. The molecule has 0 bridgehead atoms. The lowest BCUT2D eigenvalue weighted by molar-refractivity contribution is -0.115. The van der Waals surface area contributed by atoms with E-state index < -0.39 is 0 Å².